The molecule has 2 unspecified atom stereocenters. The molecule has 0 aliphatic carbocycles. The van der Waals surface area contributed by atoms with E-state index in [2.05, 4.69) is 24.4 Å². The first kappa shape index (κ1) is 16.8. The Labute approximate surface area is 133 Å². The Balaban J connectivity index is 1.89. The summed E-state index contributed by atoms with van der Waals surface area (Å²) < 4.78 is 5.50. The zero-order chi connectivity index (χ0) is 16.2. The summed E-state index contributed by atoms with van der Waals surface area (Å²) in [7, 11) is 0. The van der Waals surface area contributed by atoms with Gasteiger partial charge in [-0.1, -0.05) is 37.3 Å². The van der Waals surface area contributed by atoms with E-state index in [1.165, 1.54) is 5.56 Å². The lowest BCUT2D eigenvalue weighted by Crippen LogP contribution is -2.51. The highest BCUT2D eigenvalue weighted by Crippen LogP contribution is 2.19. The molecule has 1 aromatic carbocycles. The van der Waals surface area contributed by atoms with Gasteiger partial charge in [-0.15, -0.1) is 0 Å². The summed E-state index contributed by atoms with van der Waals surface area (Å²) >= 11 is 0. The number of hydrogen-bond acceptors (Lipinski definition) is 3. The minimum Gasteiger partial charge on any atom is -0.444 e. The zero-order valence-electron chi connectivity index (χ0n) is 14.1. The Morgan fingerprint density at radius 3 is 2.59 bits per heavy atom. The molecule has 1 aliphatic rings. The van der Waals surface area contributed by atoms with Gasteiger partial charge in [0.2, 0.25) is 0 Å². The van der Waals surface area contributed by atoms with E-state index in [0.29, 0.717) is 18.5 Å². The monoisotopic (exact) mass is 304 g/mol. The van der Waals surface area contributed by atoms with Gasteiger partial charge in [-0.05, 0) is 38.7 Å². The molecular formula is C18H28N2O2. The third-order valence-corrected chi connectivity index (χ3v) is 3.75. The van der Waals surface area contributed by atoms with Gasteiger partial charge in [0.1, 0.15) is 5.60 Å². The largest absolute Gasteiger partial charge is 0.444 e. The number of nitrogens with one attached hydrogen (secondary N) is 1. The molecule has 0 radical (unpaired) electrons. The van der Waals surface area contributed by atoms with Crippen LogP contribution in [-0.2, 0) is 11.3 Å². The van der Waals surface area contributed by atoms with Gasteiger partial charge in [-0.3, -0.25) is 0 Å². The van der Waals surface area contributed by atoms with Gasteiger partial charge in [0, 0.05) is 25.7 Å². The number of rotatable bonds is 3. The highest BCUT2D eigenvalue weighted by molar-refractivity contribution is 5.68. The van der Waals surface area contributed by atoms with E-state index in [0.717, 1.165) is 19.5 Å². The van der Waals surface area contributed by atoms with Crippen molar-refractivity contribution in [3.05, 3.63) is 35.9 Å². The van der Waals surface area contributed by atoms with E-state index >= 15 is 0 Å². The lowest BCUT2D eigenvalue weighted by Gasteiger charge is -2.37. The number of hydrogen-bond donors (Lipinski definition) is 1. The number of carbonyl (C=O) groups excluding carboxylic acids is 1. The molecule has 0 bridgehead atoms. The molecule has 122 valence electrons. The van der Waals surface area contributed by atoms with Gasteiger partial charge in [-0.25, -0.2) is 4.79 Å². The number of likely N-dealkylation sites (tertiary alicyclic amines) is 1. The minimum atomic E-state index is -0.440. The van der Waals surface area contributed by atoms with E-state index in [9.17, 15) is 4.79 Å². The van der Waals surface area contributed by atoms with Crippen LogP contribution in [0.2, 0.25) is 0 Å². The van der Waals surface area contributed by atoms with Crippen LogP contribution in [0.3, 0.4) is 0 Å². The Morgan fingerprint density at radius 2 is 1.95 bits per heavy atom. The summed E-state index contributed by atoms with van der Waals surface area (Å²) in [5.41, 5.74) is 0.828. The van der Waals surface area contributed by atoms with Crippen molar-refractivity contribution in [2.75, 3.05) is 13.1 Å². The molecule has 4 heteroatoms. The highest BCUT2D eigenvalue weighted by Gasteiger charge is 2.30. The Kier molecular flexibility index (Phi) is 5.46. The van der Waals surface area contributed by atoms with Gasteiger partial charge in [0.05, 0.1) is 0 Å². The van der Waals surface area contributed by atoms with Crippen LogP contribution in [0.5, 0.6) is 0 Å². The summed E-state index contributed by atoms with van der Waals surface area (Å²) in [5.74, 6) is 0.481. The predicted octanol–water partition coefficient (Wildman–Crippen LogP) is 3.42. The van der Waals surface area contributed by atoms with Gasteiger partial charge in [-0.2, -0.15) is 0 Å². The molecule has 1 N–H and O–H groups in total. The molecule has 1 amide bonds. The van der Waals surface area contributed by atoms with Crippen molar-refractivity contribution in [1.82, 2.24) is 10.2 Å². The SMILES string of the molecule is CC1CC(NCc2ccccc2)CN(C(=O)OC(C)(C)C)C1. The standard InChI is InChI=1S/C18H28N2O2/c1-14-10-16(19-11-15-8-6-5-7-9-15)13-20(12-14)17(21)22-18(2,3)4/h5-9,14,16,19H,10-13H2,1-4H3. The van der Waals surface area contributed by atoms with Crippen LogP contribution in [0.1, 0.15) is 39.7 Å². The molecule has 1 aromatic rings. The van der Waals surface area contributed by atoms with Crippen LogP contribution in [0.25, 0.3) is 0 Å². The maximum atomic E-state index is 12.3. The number of ether oxygens (including phenoxy) is 1. The Bertz CT molecular complexity index is 482. The summed E-state index contributed by atoms with van der Waals surface area (Å²) in [5, 5.41) is 3.57. The van der Waals surface area contributed by atoms with Crippen molar-refractivity contribution in [3.8, 4) is 0 Å². The zero-order valence-corrected chi connectivity index (χ0v) is 14.1. The van der Waals surface area contributed by atoms with E-state index in [1.54, 1.807) is 0 Å². The summed E-state index contributed by atoms with van der Waals surface area (Å²) in [6.45, 7) is 10.2. The number of nitrogens with zero attached hydrogens (tertiary/aromatic N) is 1. The molecule has 1 heterocycles. The molecule has 0 saturated carbocycles. The molecule has 22 heavy (non-hydrogen) atoms. The molecule has 2 rings (SSSR count). The molecule has 0 spiro atoms. The molecule has 1 saturated heterocycles. The van der Waals surface area contributed by atoms with E-state index in [4.69, 9.17) is 4.74 Å². The minimum absolute atomic E-state index is 0.203. The Hall–Kier alpha value is -1.55. The van der Waals surface area contributed by atoms with E-state index in [1.807, 2.05) is 43.9 Å². The molecule has 2 atom stereocenters. The predicted molar refractivity (Wildman–Crippen MR) is 88.7 cm³/mol. The molecule has 0 aromatic heterocycles. The second-order valence-corrected chi connectivity index (χ2v) is 7.29. The van der Waals surface area contributed by atoms with Crippen LogP contribution in [0.15, 0.2) is 30.3 Å². The first-order valence-corrected chi connectivity index (χ1v) is 8.09. The number of amides is 1. The lowest BCUT2D eigenvalue weighted by atomic mass is 9.96. The van der Waals surface area contributed by atoms with Crippen molar-refractivity contribution in [1.29, 1.82) is 0 Å². The normalized spacial score (nSPS) is 22.5. The van der Waals surface area contributed by atoms with E-state index < -0.39 is 5.60 Å². The van der Waals surface area contributed by atoms with Crippen LogP contribution >= 0.6 is 0 Å². The van der Waals surface area contributed by atoms with E-state index in [-0.39, 0.29) is 6.09 Å². The van der Waals surface area contributed by atoms with Crippen molar-refractivity contribution in [3.63, 3.8) is 0 Å². The number of carbonyl (C=O) groups is 1. The Morgan fingerprint density at radius 1 is 1.27 bits per heavy atom. The topological polar surface area (TPSA) is 41.6 Å². The highest BCUT2D eigenvalue weighted by atomic mass is 16.6. The van der Waals surface area contributed by atoms with Crippen molar-refractivity contribution < 1.29 is 9.53 Å². The molecular weight excluding hydrogens is 276 g/mol. The summed E-state index contributed by atoms with van der Waals surface area (Å²) in [6.07, 6.45) is 0.886. The third kappa shape index (κ3) is 5.34. The van der Waals surface area contributed by atoms with Crippen molar-refractivity contribution in [2.45, 2.75) is 52.3 Å². The van der Waals surface area contributed by atoms with Crippen molar-refractivity contribution in [2.24, 2.45) is 5.92 Å². The van der Waals surface area contributed by atoms with Crippen molar-refractivity contribution >= 4 is 6.09 Å². The maximum Gasteiger partial charge on any atom is 0.410 e. The maximum absolute atomic E-state index is 12.3. The van der Waals surface area contributed by atoms with Gasteiger partial charge in [0.25, 0.3) is 0 Å². The number of benzene rings is 1. The fourth-order valence-electron chi connectivity index (χ4n) is 2.83. The second kappa shape index (κ2) is 7.14. The fourth-order valence-corrected chi connectivity index (χ4v) is 2.83. The van der Waals surface area contributed by atoms with Gasteiger partial charge in [0.15, 0.2) is 0 Å². The van der Waals surface area contributed by atoms with Crippen LogP contribution < -0.4 is 5.32 Å². The van der Waals surface area contributed by atoms with Gasteiger partial charge < -0.3 is 15.0 Å². The third-order valence-electron chi connectivity index (χ3n) is 3.75. The first-order valence-electron chi connectivity index (χ1n) is 8.09. The van der Waals surface area contributed by atoms with Crippen LogP contribution in [0.4, 0.5) is 4.79 Å². The average molecular weight is 304 g/mol. The summed E-state index contributed by atoms with van der Waals surface area (Å²) in [4.78, 5) is 14.1. The van der Waals surface area contributed by atoms with Crippen LogP contribution in [-0.4, -0.2) is 35.7 Å². The van der Waals surface area contributed by atoms with Gasteiger partial charge >= 0.3 is 6.09 Å². The van der Waals surface area contributed by atoms with Crippen LogP contribution in [0, 0.1) is 5.92 Å². The molecule has 1 fully saturated rings. The molecule has 4 nitrogen and oxygen atoms in total. The summed E-state index contributed by atoms with van der Waals surface area (Å²) in [6, 6.07) is 10.7. The average Bonchev–Trinajstić information content (AvgIpc) is 2.44. The fraction of sp³-hybridized carbons (Fsp3) is 0.611. The lowest BCUT2D eigenvalue weighted by molar-refractivity contribution is 0.0137. The molecule has 1 aliphatic heterocycles. The quantitative estimate of drug-likeness (QED) is 0.930. The first-order chi connectivity index (χ1) is 10.3. The second-order valence-electron chi connectivity index (χ2n) is 7.29. The number of piperidine rings is 1. The smallest absolute Gasteiger partial charge is 0.410 e.